The Morgan fingerprint density at radius 3 is 2.46 bits per heavy atom. The van der Waals surface area contributed by atoms with E-state index in [0.717, 1.165) is 30.7 Å². The maximum absolute atomic E-state index is 12.5. The smallest absolute Gasteiger partial charge is 0.312 e. The normalized spacial score (nSPS) is 27.8. The fourth-order valence-corrected chi connectivity index (χ4v) is 4.49. The van der Waals surface area contributed by atoms with E-state index in [0.29, 0.717) is 5.92 Å². The molecule has 4 nitrogen and oxygen atoms in total. The summed E-state index contributed by atoms with van der Waals surface area (Å²) in [6.07, 6.45) is 8.32. The van der Waals surface area contributed by atoms with Gasteiger partial charge in [-0.2, -0.15) is 0 Å². The predicted molar refractivity (Wildman–Crippen MR) is 92.6 cm³/mol. The second-order valence-corrected chi connectivity index (χ2v) is 7.36. The first-order chi connectivity index (χ1) is 11.6. The van der Waals surface area contributed by atoms with Crippen LogP contribution in [0.2, 0.25) is 0 Å². The molecule has 24 heavy (non-hydrogen) atoms. The van der Waals surface area contributed by atoms with Gasteiger partial charge in [0.15, 0.2) is 0 Å². The van der Waals surface area contributed by atoms with E-state index in [1.807, 2.05) is 18.2 Å². The predicted octanol–water partition coefficient (Wildman–Crippen LogP) is 3.58. The molecule has 2 saturated carbocycles. The summed E-state index contributed by atoms with van der Waals surface area (Å²) in [5.74, 6) is 0.0564. The highest BCUT2D eigenvalue weighted by Gasteiger charge is 2.35. The Morgan fingerprint density at radius 2 is 1.75 bits per heavy atom. The third kappa shape index (κ3) is 3.97. The van der Waals surface area contributed by atoms with Crippen LogP contribution in [0.3, 0.4) is 0 Å². The first-order valence-corrected chi connectivity index (χ1v) is 9.20. The van der Waals surface area contributed by atoms with E-state index in [4.69, 9.17) is 0 Å². The van der Waals surface area contributed by atoms with Gasteiger partial charge in [-0.25, -0.2) is 0 Å². The molecule has 0 radical (unpaired) electrons. The molecule has 3 rings (SSSR count). The molecule has 0 saturated heterocycles. The van der Waals surface area contributed by atoms with Gasteiger partial charge in [0.1, 0.15) is 0 Å². The van der Waals surface area contributed by atoms with E-state index in [9.17, 15) is 14.7 Å². The standard InChI is InChI=1S/C20H27NO3/c22-19(17-11-10-14-6-4-5-9-16(14)12-17)21-13-18(20(23)24)15-7-2-1-3-8-15/h1-3,7-8,14,16-18H,4-6,9-13H2,(H,21,22)(H,23,24). The number of rotatable bonds is 5. The van der Waals surface area contributed by atoms with Gasteiger partial charge in [-0.1, -0.05) is 56.0 Å². The van der Waals surface area contributed by atoms with Gasteiger partial charge in [0.2, 0.25) is 5.91 Å². The molecule has 0 bridgehead atoms. The summed E-state index contributed by atoms with van der Waals surface area (Å²) in [5.41, 5.74) is 0.737. The zero-order valence-electron chi connectivity index (χ0n) is 14.1. The summed E-state index contributed by atoms with van der Waals surface area (Å²) in [5, 5.41) is 12.4. The number of amides is 1. The lowest BCUT2D eigenvalue weighted by Crippen LogP contribution is -2.39. The van der Waals surface area contributed by atoms with Crippen LogP contribution in [0.25, 0.3) is 0 Å². The topological polar surface area (TPSA) is 66.4 Å². The summed E-state index contributed by atoms with van der Waals surface area (Å²) in [6, 6.07) is 9.13. The Hall–Kier alpha value is -1.84. The van der Waals surface area contributed by atoms with Gasteiger partial charge in [-0.15, -0.1) is 0 Å². The molecule has 2 N–H and O–H groups in total. The Morgan fingerprint density at radius 1 is 1.04 bits per heavy atom. The number of aliphatic carboxylic acids is 1. The third-order valence-corrected chi connectivity index (χ3v) is 5.89. The zero-order chi connectivity index (χ0) is 16.9. The minimum atomic E-state index is -0.891. The van der Waals surface area contributed by atoms with Gasteiger partial charge in [-0.05, 0) is 36.7 Å². The maximum atomic E-state index is 12.5. The van der Waals surface area contributed by atoms with Crippen molar-refractivity contribution in [2.45, 2.75) is 50.9 Å². The summed E-state index contributed by atoms with van der Waals surface area (Å²) in [4.78, 5) is 24.1. The van der Waals surface area contributed by atoms with Crippen LogP contribution in [0, 0.1) is 17.8 Å². The number of carboxylic acid groups (broad SMARTS) is 1. The molecule has 4 atom stereocenters. The van der Waals surface area contributed by atoms with E-state index in [1.165, 1.54) is 25.7 Å². The van der Waals surface area contributed by atoms with Gasteiger partial charge < -0.3 is 10.4 Å². The number of fused-ring (bicyclic) bond motifs is 1. The lowest BCUT2D eigenvalue weighted by Gasteiger charge is -2.38. The van der Waals surface area contributed by atoms with E-state index in [2.05, 4.69) is 5.32 Å². The summed E-state index contributed by atoms with van der Waals surface area (Å²) < 4.78 is 0. The molecule has 4 unspecified atom stereocenters. The lowest BCUT2D eigenvalue weighted by atomic mass is 9.67. The number of hydrogen-bond donors (Lipinski definition) is 2. The Bertz CT molecular complexity index is 572. The van der Waals surface area contributed by atoms with Crippen molar-refractivity contribution in [2.75, 3.05) is 6.54 Å². The van der Waals surface area contributed by atoms with Crippen LogP contribution in [0.4, 0.5) is 0 Å². The van der Waals surface area contributed by atoms with Crippen LogP contribution in [0.5, 0.6) is 0 Å². The molecule has 2 aliphatic carbocycles. The van der Waals surface area contributed by atoms with E-state index in [1.54, 1.807) is 12.1 Å². The first kappa shape index (κ1) is 17.0. The highest BCUT2D eigenvalue weighted by Crippen LogP contribution is 2.42. The third-order valence-electron chi connectivity index (χ3n) is 5.89. The number of carboxylic acids is 1. The maximum Gasteiger partial charge on any atom is 0.312 e. The van der Waals surface area contributed by atoms with Crippen LogP contribution in [0.1, 0.15) is 56.4 Å². The fourth-order valence-electron chi connectivity index (χ4n) is 4.49. The number of carbonyl (C=O) groups is 2. The molecule has 4 heteroatoms. The average Bonchev–Trinajstić information content (AvgIpc) is 2.62. The average molecular weight is 329 g/mol. The fraction of sp³-hybridized carbons (Fsp3) is 0.600. The van der Waals surface area contributed by atoms with E-state index < -0.39 is 11.9 Å². The molecule has 0 aromatic heterocycles. The van der Waals surface area contributed by atoms with Crippen molar-refractivity contribution in [1.82, 2.24) is 5.32 Å². The van der Waals surface area contributed by atoms with Crippen LogP contribution < -0.4 is 5.32 Å². The quantitative estimate of drug-likeness (QED) is 0.868. The van der Waals surface area contributed by atoms with E-state index >= 15 is 0 Å². The van der Waals surface area contributed by atoms with Crippen molar-refractivity contribution in [1.29, 1.82) is 0 Å². The minimum absolute atomic E-state index is 0.0428. The van der Waals surface area contributed by atoms with Crippen LogP contribution in [-0.4, -0.2) is 23.5 Å². The molecular formula is C20H27NO3. The molecular weight excluding hydrogens is 302 g/mol. The molecule has 0 spiro atoms. The number of benzene rings is 1. The molecule has 1 aromatic rings. The molecule has 0 aliphatic heterocycles. The Labute approximate surface area is 143 Å². The van der Waals surface area contributed by atoms with Crippen molar-refractivity contribution >= 4 is 11.9 Å². The summed E-state index contributed by atoms with van der Waals surface area (Å²) in [6.45, 7) is 0.169. The lowest BCUT2D eigenvalue weighted by molar-refractivity contribution is -0.138. The number of nitrogens with one attached hydrogen (secondary N) is 1. The van der Waals surface area contributed by atoms with Crippen molar-refractivity contribution in [3.05, 3.63) is 35.9 Å². The van der Waals surface area contributed by atoms with Crippen molar-refractivity contribution in [3.8, 4) is 0 Å². The molecule has 1 aromatic carbocycles. The minimum Gasteiger partial charge on any atom is -0.481 e. The van der Waals surface area contributed by atoms with Crippen molar-refractivity contribution < 1.29 is 14.7 Å². The SMILES string of the molecule is O=C(NCC(C(=O)O)c1ccccc1)C1CCC2CCCCC2C1. The van der Waals surface area contributed by atoms with E-state index in [-0.39, 0.29) is 18.4 Å². The highest BCUT2D eigenvalue weighted by atomic mass is 16.4. The van der Waals surface area contributed by atoms with Crippen molar-refractivity contribution in [3.63, 3.8) is 0 Å². The number of hydrogen-bond acceptors (Lipinski definition) is 2. The van der Waals surface area contributed by atoms with Gasteiger partial charge in [-0.3, -0.25) is 9.59 Å². The molecule has 2 aliphatic rings. The molecule has 1 amide bonds. The second-order valence-electron chi connectivity index (χ2n) is 7.36. The van der Waals surface area contributed by atoms with Gasteiger partial charge in [0.25, 0.3) is 0 Å². The number of carbonyl (C=O) groups excluding carboxylic acids is 1. The van der Waals surface area contributed by atoms with Crippen molar-refractivity contribution in [2.24, 2.45) is 17.8 Å². The Kier molecular flexibility index (Phi) is 5.54. The van der Waals surface area contributed by atoms with Gasteiger partial charge >= 0.3 is 5.97 Å². The first-order valence-electron chi connectivity index (χ1n) is 9.20. The van der Waals surface area contributed by atoms with Crippen LogP contribution in [-0.2, 0) is 9.59 Å². The summed E-state index contributed by atoms with van der Waals surface area (Å²) >= 11 is 0. The second kappa shape index (κ2) is 7.82. The summed E-state index contributed by atoms with van der Waals surface area (Å²) in [7, 11) is 0. The monoisotopic (exact) mass is 329 g/mol. The van der Waals surface area contributed by atoms with Crippen LogP contribution in [0.15, 0.2) is 30.3 Å². The highest BCUT2D eigenvalue weighted by molar-refractivity contribution is 5.81. The molecule has 130 valence electrons. The molecule has 0 heterocycles. The Balaban J connectivity index is 1.55. The van der Waals surface area contributed by atoms with Gasteiger partial charge in [0, 0.05) is 12.5 Å². The van der Waals surface area contributed by atoms with Crippen LogP contribution >= 0.6 is 0 Å². The van der Waals surface area contributed by atoms with Gasteiger partial charge in [0.05, 0.1) is 5.92 Å². The largest absolute Gasteiger partial charge is 0.481 e. The molecule has 2 fully saturated rings. The zero-order valence-corrected chi connectivity index (χ0v) is 14.1.